The second-order valence-corrected chi connectivity index (χ2v) is 5.28. The fourth-order valence-electron chi connectivity index (χ4n) is 2.27. The molecule has 0 aliphatic rings. The lowest BCUT2D eigenvalue weighted by Crippen LogP contribution is -2.25. The molecule has 0 amide bonds. The third kappa shape index (κ3) is 5.18. The lowest BCUT2D eigenvalue weighted by molar-refractivity contribution is 0.323. The summed E-state index contributed by atoms with van der Waals surface area (Å²) in [6.45, 7) is 6.50. The van der Waals surface area contributed by atoms with Crippen LogP contribution >= 0.6 is 0 Å². The van der Waals surface area contributed by atoms with Crippen LogP contribution in [0, 0.1) is 0 Å². The summed E-state index contributed by atoms with van der Waals surface area (Å²) < 4.78 is 11.2. The van der Waals surface area contributed by atoms with Crippen LogP contribution in [0.5, 0.6) is 11.5 Å². The number of ether oxygens (including phenoxy) is 2. The van der Waals surface area contributed by atoms with Crippen molar-refractivity contribution in [2.24, 2.45) is 0 Å². The minimum absolute atomic E-state index is 0.440. The molecule has 2 rings (SSSR count). The van der Waals surface area contributed by atoms with Crippen molar-refractivity contribution in [2.75, 3.05) is 13.2 Å². The summed E-state index contributed by atoms with van der Waals surface area (Å²) in [5, 5.41) is 9.54. The normalized spacial score (nSPS) is 10.8. The third-order valence-corrected chi connectivity index (χ3v) is 3.41. The summed E-state index contributed by atoms with van der Waals surface area (Å²) in [7, 11) is 0. The van der Waals surface area contributed by atoms with Crippen molar-refractivity contribution < 1.29 is 14.5 Å². The second kappa shape index (κ2) is 8.44. The maximum absolute atomic E-state index is 9.54. The largest absolute Gasteiger partial charge is 0.494 e. The standard InChI is InChI=1S/C19H23BO3/c1-4-22-18-12-16(13-19(14-18)23-5-2)7-6-15-8-10-17(11-9-15)20(3)21/h6-14,21H,4-5H2,1-3H3/b7-6+. The van der Waals surface area contributed by atoms with Crippen molar-refractivity contribution in [3.8, 4) is 11.5 Å². The van der Waals surface area contributed by atoms with Gasteiger partial charge in [-0.15, -0.1) is 0 Å². The van der Waals surface area contributed by atoms with Gasteiger partial charge in [0, 0.05) is 6.07 Å². The second-order valence-electron chi connectivity index (χ2n) is 5.28. The van der Waals surface area contributed by atoms with E-state index < -0.39 is 6.92 Å². The number of rotatable bonds is 7. The Hall–Kier alpha value is -2.20. The van der Waals surface area contributed by atoms with Gasteiger partial charge in [-0.05, 0) is 42.6 Å². The Morgan fingerprint density at radius 2 is 1.39 bits per heavy atom. The van der Waals surface area contributed by atoms with Crippen molar-refractivity contribution in [2.45, 2.75) is 20.7 Å². The van der Waals surface area contributed by atoms with Gasteiger partial charge >= 0.3 is 6.92 Å². The first kappa shape index (κ1) is 17.2. The zero-order chi connectivity index (χ0) is 16.7. The molecule has 0 radical (unpaired) electrons. The van der Waals surface area contributed by atoms with Crippen LogP contribution in [-0.2, 0) is 0 Å². The molecular weight excluding hydrogens is 287 g/mol. The van der Waals surface area contributed by atoms with E-state index >= 15 is 0 Å². The first-order chi connectivity index (χ1) is 11.1. The van der Waals surface area contributed by atoms with Crippen LogP contribution in [-0.4, -0.2) is 25.2 Å². The monoisotopic (exact) mass is 310 g/mol. The molecule has 0 heterocycles. The lowest BCUT2D eigenvalue weighted by Gasteiger charge is -2.09. The van der Waals surface area contributed by atoms with Crippen molar-refractivity contribution in [1.29, 1.82) is 0 Å². The molecule has 0 aromatic heterocycles. The summed E-state index contributed by atoms with van der Waals surface area (Å²) >= 11 is 0. The molecule has 0 aliphatic carbocycles. The van der Waals surface area contributed by atoms with Gasteiger partial charge in [-0.3, -0.25) is 0 Å². The maximum atomic E-state index is 9.54. The molecule has 4 heteroatoms. The highest BCUT2D eigenvalue weighted by Gasteiger charge is 2.05. The molecule has 0 fully saturated rings. The summed E-state index contributed by atoms with van der Waals surface area (Å²) in [5.74, 6) is 1.62. The van der Waals surface area contributed by atoms with E-state index in [0.717, 1.165) is 28.1 Å². The van der Waals surface area contributed by atoms with Gasteiger partial charge in [-0.2, -0.15) is 0 Å². The van der Waals surface area contributed by atoms with Crippen LogP contribution in [0.25, 0.3) is 12.2 Å². The highest BCUT2D eigenvalue weighted by molar-refractivity contribution is 6.64. The molecule has 23 heavy (non-hydrogen) atoms. The van der Waals surface area contributed by atoms with E-state index in [4.69, 9.17) is 9.47 Å². The smallest absolute Gasteiger partial charge is 0.320 e. The average molecular weight is 310 g/mol. The van der Waals surface area contributed by atoms with E-state index in [0.29, 0.717) is 13.2 Å². The number of hydrogen-bond acceptors (Lipinski definition) is 3. The third-order valence-electron chi connectivity index (χ3n) is 3.41. The van der Waals surface area contributed by atoms with Gasteiger partial charge in [0.25, 0.3) is 0 Å². The van der Waals surface area contributed by atoms with Gasteiger partial charge in [0.15, 0.2) is 0 Å². The lowest BCUT2D eigenvalue weighted by atomic mass is 9.64. The van der Waals surface area contributed by atoms with Crippen LogP contribution < -0.4 is 14.9 Å². The summed E-state index contributed by atoms with van der Waals surface area (Å²) in [5.41, 5.74) is 3.02. The van der Waals surface area contributed by atoms with Gasteiger partial charge < -0.3 is 14.5 Å². The minimum atomic E-state index is -0.440. The van der Waals surface area contributed by atoms with Crippen LogP contribution in [0.15, 0.2) is 42.5 Å². The predicted octanol–water partition coefficient (Wildman–Crippen LogP) is 3.48. The molecule has 0 saturated carbocycles. The zero-order valence-electron chi connectivity index (χ0n) is 14.0. The fraction of sp³-hybridized carbons (Fsp3) is 0.263. The molecule has 2 aromatic rings. The van der Waals surface area contributed by atoms with Gasteiger partial charge in [-0.1, -0.05) is 43.2 Å². The first-order valence-corrected chi connectivity index (χ1v) is 7.99. The van der Waals surface area contributed by atoms with E-state index in [2.05, 4.69) is 0 Å². The Labute approximate surface area is 138 Å². The highest BCUT2D eigenvalue weighted by atomic mass is 16.5. The Morgan fingerprint density at radius 3 is 1.87 bits per heavy atom. The molecular formula is C19H23BO3. The SMILES string of the molecule is CCOc1cc(/C=C/c2ccc(B(C)O)cc2)cc(OCC)c1. The molecule has 120 valence electrons. The van der Waals surface area contributed by atoms with Crippen LogP contribution in [0.1, 0.15) is 25.0 Å². The van der Waals surface area contributed by atoms with E-state index in [9.17, 15) is 5.02 Å². The van der Waals surface area contributed by atoms with E-state index in [1.54, 1.807) is 6.82 Å². The van der Waals surface area contributed by atoms with Gasteiger partial charge in [-0.25, -0.2) is 0 Å². The van der Waals surface area contributed by atoms with Crippen molar-refractivity contribution in [3.63, 3.8) is 0 Å². The Bertz CT molecular complexity index is 624. The Balaban J connectivity index is 2.19. The van der Waals surface area contributed by atoms with Crippen molar-refractivity contribution in [1.82, 2.24) is 0 Å². The van der Waals surface area contributed by atoms with Crippen molar-refractivity contribution in [3.05, 3.63) is 53.6 Å². The molecule has 0 atom stereocenters. The van der Waals surface area contributed by atoms with E-state index in [-0.39, 0.29) is 0 Å². The molecule has 2 aromatic carbocycles. The highest BCUT2D eigenvalue weighted by Crippen LogP contribution is 2.24. The number of benzene rings is 2. The Kier molecular flexibility index (Phi) is 6.30. The van der Waals surface area contributed by atoms with Gasteiger partial charge in [0.05, 0.1) is 13.2 Å². The molecule has 0 unspecified atom stereocenters. The number of hydrogen-bond donors (Lipinski definition) is 1. The van der Waals surface area contributed by atoms with E-state index in [1.807, 2.05) is 68.5 Å². The zero-order valence-corrected chi connectivity index (χ0v) is 14.0. The summed E-state index contributed by atoms with van der Waals surface area (Å²) in [4.78, 5) is 0. The molecule has 0 bridgehead atoms. The fourth-order valence-corrected chi connectivity index (χ4v) is 2.27. The Morgan fingerprint density at radius 1 is 0.870 bits per heavy atom. The van der Waals surface area contributed by atoms with Gasteiger partial charge in [0.2, 0.25) is 0 Å². The molecule has 0 saturated heterocycles. The van der Waals surface area contributed by atoms with Crippen molar-refractivity contribution >= 4 is 24.5 Å². The van der Waals surface area contributed by atoms with Crippen LogP contribution in [0.3, 0.4) is 0 Å². The first-order valence-electron chi connectivity index (χ1n) is 7.99. The molecule has 1 N–H and O–H groups in total. The quantitative estimate of drug-likeness (QED) is 0.628. The van der Waals surface area contributed by atoms with E-state index in [1.165, 1.54) is 0 Å². The van der Waals surface area contributed by atoms with Crippen LogP contribution in [0.4, 0.5) is 0 Å². The minimum Gasteiger partial charge on any atom is -0.494 e. The summed E-state index contributed by atoms with van der Waals surface area (Å²) in [6, 6.07) is 13.8. The molecule has 0 aliphatic heterocycles. The summed E-state index contributed by atoms with van der Waals surface area (Å²) in [6.07, 6.45) is 4.06. The van der Waals surface area contributed by atoms with Crippen LogP contribution in [0.2, 0.25) is 6.82 Å². The molecule has 0 spiro atoms. The van der Waals surface area contributed by atoms with Gasteiger partial charge in [0.1, 0.15) is 11.5 Å². The average Bonchev–Trinajstić information content (AvgIpc) is 2.54. The molecule has 3 nitrogen and oxygen atoms in total. The predicted molar refractivity (Wildman–Crippen MR) is 97.6 cm³/mol. The topological polar surface area (TPSA) is 38.7 Å². The maximum Gasteiger partial charge on any atom is 0.320 e.